The van der Waals surface area contributed by atoms with Crippen molar-refractivity contribution in [3.63, 3.8) is 0 Å². The lowest BCUT2D eigenvalue weighted by Crippen LogP contribution is -2.43. The van der Waals surface area contributed by atoms with E-state index in [1.165, 1.54) is 0 Å². The minimum absolute atomic E-state index is 0.0624. The van der Waals surface area contributed by atoms with Gasteiger partial charge in [0, 0.05) is 25.6 Å². The quantitative estimate of drug-likeness (QED) is 0.434. The van der Waals surface area contributed by atoms with E-state index in [2.05, 4.69) is 9.88 Å². The molecule has 0 radical (unpaired) electrons. The van der Waals surface area contributed by atoms with Gasteiger partial charge in [-0.1, -0.05) is 12.1 Å². The van der Waals surface area contributed by atoms with Crippen molar-refractivity contribution < 1.29 is 13.9 Å². The van der Waals surface area contributed by atoms with Crippen molar-refractivity contribution in [1.29, 1.82) is 0 Å². The number of aromatic amines is 1. The van der Waals surface area contributed by atoms with Crippen molar-refractivity contribution >= 4 is 22.7 Å². The number of amides is 1. The van der Waals surface area contributed by atoms with Gasteiger partial charge in [0.05, 0.1) is 36.7 Å². The average Bonchev–Trinajstić information content (AvgIpc) is 3.67. The van der Waals surface area contributed by atoms with Crippen LogP contribution in [0.1, 0.15) is 42.7 Å². The number of hydrogen-bond acceptors (Lipinski definition) is 6. The summed E-state index contributed by atoms with van der Waals surface area (Å²) in [6, 6.07) is 19.0. The number of piperidine rings is 1. The van der Waals surface area contributed by atoms with Crippen LogP contribution in [0.15, 0.2) is 81.2 Å². The van der Waals surface area contributed by atoms with E-state index in [0.717, 1.165) is 59.7 Å². The van der Waals surface area contributed by atoms with Gasteiger partial charge in [0.1, 0.15) is 17.6 Å². The van der Waals surface area contributed by atoms with Gasteiger partial charge < -0.3 is 14.1 Å². The second-order valence-electron chi connectivity index (χ2n) is 9.57. The average molecular weight is 500 g/mol. The molecule has 2 aromatic heterocycles. The Morgan fingerprint density at radius 1 is 1.08 bits per heavy atom. The van der Waals surface area contributed by atoms with Crippen LogP contribution in [-0.2, 0) is 4.79 Å². The van der Waals surface area contributed by atoms with Crippen LogP contribution in [0, 0.1) is 0 Å². The summed E-state index contributed by atoms with van der Waals surface area (Å²) in [7, 11) is 1.64. The number of likely N-dealkylation sites (tertiary alicyclic amines) is 1. The van der Waals surface area contributed by atoms with Gasteiger partial charge in [-0.15, -0.1) is 0 Å². The number of para-hydroxylation sites is 2. The second-order valence-corrected chi connectivity index (χ2v) is 9.57. The lowest BCUT2D eigenvalue weighted by molar-refractivity contribution is -0.134. The highest BCUT2D eigenvalue weighted by Gasteiger charge is 2.36. The molecular formula is C28H29N5O4. The minimum Gasteiger partial charge on any atom is -0.497 e. The van der Waals surface area contributed by atoms with E-state index in [-0.39, 0.29) is 30.2 Å². The maximum Gasteiger partial charge on any atom is 0.326 e. The zero-order valence-corrected chi connectivity index (χ0v) is 20.7. The highest BCUT2D eigenvalue weighted by molar-refractivity contribution is 6.03. The van der Waals surface area contributed by atoms with E-state index in [4.69, 9.17) is 14.3 Å². The molecule has 1 amide bonds. The van der Waals surface area contributed by atoms with Crippen molar-refractivity contribution in [2.24, 2.45) is 5.10 Å². The number of ether oxygens (including phenoxy) is 1. The van der Waals surface area contributed by atoms with Crippen molar-refractivity contribution in [1.82, 2.24) is 19.5 Å². The summed E-state index contributed by atoms with van der Waals surface area (Å²) < 4.78 is 12.8. The summed E-state index contributed by atoms with van der Waals surface area (Å²) in [6.07, 6.45) is 3.81. The zero-order valence-electron chi connectivity index (χ0n) is 20.7. The molecule has 190 valence electrons. The topological polar surface area (TPSA) is 96.1 Å². The number of imidazole rings is 1. The number of H-pyrrole nitrogens is 1. The fourth-order valence-corrected chi connectivity index (χ4v) is 5.44. The molecule has 4 aromatic rings. The van der Waals surface area contributed by atoms with Gasteiger partial charge in [-0.25, -0.2) is 9.80 Å². The number of nitrogens with one attached hydrogen (secondary N) is 1. The van der Waals surface area contributed by atoms with E-state index < -0.39 is 0 Å². The summed E-state index contributed by atoms with van der Waals surface area (Å²) in [5.74, 6) is 1.43. The molecule has 0 saturated carbocycles. The Kier molecular flexibility index (Phi) is 6.13. The first-order valence-corrected chi connectivity index (χ1v) is 12.6. The molecule has 9 heteroatoms. The van der Waals surface area contributed by atoms with E-state index in [9.17, 15) is 9.59 Å². The minimum atomic E-state index is -0.276. The van der Waals surface area contributed by atoms with Crippen molar-refractivity contribution in [3.05, 3.63) is 88.7 Å². The van der Waals surface area contributed by atoms with Gasteiger partial charge in [-0.05, 0) is 66.9 Å². The molecule has 0 spiro atoms. The number of furan rings is 1. The number of aromatic nitrogens is 2. The SMILES string of the molecule is COc1ccc(C2=NN(C(=O)CN3CCC(n4c(=O)[nH]c5ccccc54)CC3)[C@H](c3ccco3)C2)cc1. The predicted octanol–water partition coefficient (Wildman–Crippen LogP) is 3.95. The fraction of sp³-hybridized carbons (Fsp3) is 0.321. The number of carbonyl (C=O) groups excluding carboxylic acids is 1. The fourth-order valence-electron chi connectivity index (χ4n) is 5.44. The van der Waals surface area contributed by atoms with Crippen molar-refractivity contribution in [2.75, 3.05) is 26.7 Å². The van der Waals surface area contributed by atoms with Crippen LogP contribution in [0.5, 0.6) is 5.75 Å². The summed E-state index contributed by atoms with van der Waals surface area (Å²) in [5, 5.41) is 6.32. The molecule has 4 heterocycles. The molecule has 2 aliphatic rings. The first kappa shape index (κ1) is 23.3. The van der Waals surface area contributed by atoms with E-state index in [0.29, 0.717) is 6.42 Å². The predicted molar refractivity (Wildman–Crippen MR) is 140 cm³/mol. The number of methoxy groups -OCH3 is 1. The van der Waals surface area contributed by atoms with E-state index in [1.807, 2.05) is 65.2 Å². The van der Waals surface area contributed by atoms with Crippen LogP contribution in [0.3, 0.4) is 0 Å². The Balaban J connectivity index is 1.16. The Labute approximate surface area is 213 Å². The number of nitrogens with zero attached hydrogens (tertiary/aromatic N) is 4. The van der Waals surface area contributed by atoms with E-state index >= 15 is 0 Å². The Morgan fingerprint density at radius 3 is 2.59 bits per heavy atom. The Morgan fingerprint density at radius 2 is 1.86 bits per heavy atom. The maximum absolute atomic E-state index is 13.5. The first-order chi connectivity index (χ1) is 18.1. The molecule has 1 N–H and O–H groups in total. The molecular weight excluding hydrogens is 470 g/mol. The highest BCUT2D eigenvalue weighted by Crippen LogP contribution is 2.34. The molecule has 2 aliphatic heterocycles. The summed E-state index contributed by atoms with van der Waals surface area (Å²) in [4.78, 5) is 31.2. The summed E-state index contributed by atoms with van der Waals surface area (Å²) in [5.41, 5.74) is 3.51. The number of hydrogen-bond donors (Lipinski definition) is 1. The van der Waals surface area contributed by atoms with Crippen molar-refractivity contribution in [2.45, 2.75) is 31.3 Å². The van der Waals surface area contributed by atoms with E-state index in [1.54, 1.807) is 18.4 Å². The number of fused-ring (bicyclic) bond motifs is 1. The zero-order chi connectivity index (χ0) is 25.4. The van der Waals surface area contributed by atoms with Crippen LogP contribution in [0.25, 0.3) is 11.0 Å². The van der Waals surface area contributed by atoms with Gasteiger partial charge in [0.25, 0.3) is 5.91 Å². The maximum atomic E-state index is 13.5. The number of hydrazone groups is 1. The van der Waals surface area contributed by atoms with Gasteiger partial charge in [-0.2, -0.15) is 5.10 Å². The Bertz CT molecular complexity index is 1480. The number of benzene rings is 2. The third kappa shape index (κ3) is 4.46. The lowest BCUT2D eigenvalue weighted by atomic mass is 10.0. The van der Waals surface area contributed by atoms with Gasteiger partial charge >= 0.3 is 5.69 Å². The van der Waals surface area contributed by atoms with Crippen molar-refractivity contribution in [3.8, 4) is 5.75 Å². The Hall–Kier alpha value is -4.11. The molecule has 0 aliphatic carbocycles. The first-order valence-electron chi connectivity index (χ1n) is 12.6. The molecule has 2 aromatic carbocycles. The normalized spacial score (nSPS) is 18.9. The summed E-state index contributed by atoms with van der Waals surface area (Å²) in [6.45, 7) is 1.74. The standard InChI is InChI=1S/C28H29N5O4/c1-36-21-10-8-19(9-11-21)23-17-25(26-7-4-16-37-26)33(30-23)27(34)18-31-14-12-20(13-15-31)32-24-6-3-2-5-22(24)29-28(32)35/h2-11,16,20,25H,12-15,17-18H2,1H3,(H,29,35)/t25-/m0/s1. The monoisotopic (exact) mass is 499 g/mol. The number of rotatable bonds is 6. The third-order valence-electron chi connectivity index (χ3n) is 7.37. The molecule has 6 rings (SSSR count). The molecule has 0 bridgehead atoms. The van der Waals surface area contributed by atoms with Crippen LogP contribution in [-0.4, -0.2) is 57.8 Å². The number of carbonyl (C=O) groups is 1. The second kappa shape index (κ2) is 9.74. The molecule has 1 atom stereocenters. The van der Waals surface area contributed by atoms with Gasteiger partial charge in [0.15, 0.2) is 0 Å². The molecule has 0 unspecified atom stereocenters. The van der Waals surface area contributed by atoms with Crippen LogP contribution in [0.2, 0.25) is 0 Å². The highest BCUT2D eigenvalue weighted by atomic mass is 16.5. The van der Waals surface area contributed by atoms with Crippen LogP contribution in [0.4, 0.5) is 0 Å². The molecule has 37 heavy (non-hydrogen) atoms. The molecule has 1 saturated heterocycles. The van der Waals surface area contributed by atoms with Crippen LogP contribution < -0.4 is 10.4 Å². The largest absolute Gasteiger partial charge is 0.497 e. The third-order valence-corrected chi connectivity index (χ3v) is 7.37. The molecule has 1 fully saturated rings. The van der Waals surface area contributed by atoms with Gasteiger partial charge in [-0.3, -0.25) is 14.3 Å². The van der Waals surface area contributed by atoms with Gasteiger partial charge in [0.2, 0.25) is 0 Å². The summed E-state index contributed by atoms with van der Waals surface area (Å²) >= 11 is 0. The molecule has 9 nitrogen and oxygen atoms in total. The van der Waals surface area contributed by atoms with Crippen LogP contribution >= 0.6 is 0 Å². The lowest BCUT2D eigenvalue weighted by Gasteiger charge is -2.33. The smallest absolute Gasteiger partial charge is 0.326 e.